The molecule has 1 saturated carbocycles. The van der Waals surface area contributed by atoms with Crippen LogP contribution in [0.3, 0.4) is 0 Å². The lowest BCUT2D eigenvalue weighted by atomic mass is 10.1. The van der Waals surface area contributed by atoms with Crippen molar-refractivity contribution in [1.29, 1.82) is 0 Å². The van der Waals surface area contributed by atoms with Crippen LogP contribution in [0.25, 0.3) is 0 Å². The first-order chi connectivity index (χ1) is 4.19. The van der Waals surface area contributed by atoms with Crippen molar-refractivity contribution in [2.45, 2.75) is 19.8 Å². The molecule has 0 saturated heterocycles. The molecule has 1 aliphatic rings. The third-order valence-corrected chi connectivity index (χ3v) is 1.75. The zero-order valence-electron chi connectivity index (χ0n) is 5.18. The van der Waals surface area contributed by atoms with Gasteiger partial charge in [0.15, 0.2) is 0 Å². The van der Waals surface area contributed by atoms with Crippen molar-refractivity contribution in [1.82, 2.24) is 0 Å². The molecule has 0 spiro atoms. The van der Waals surface area contributed by atoms with Crippen molar-refractivity contribution in [2.75, 3.05) is 0 Å². The molecule has 1 fully saturated rings. The molecule has 0 aliphatic heterocycles. The lowest BCUT2D eigenvalue weighted by Crippen LogP contribution is -2.06. The molecule has 2 nitrogen and oxygen atoms in total. The third kappa shape index (κ3) is 1.23. The van der Waals surface area contributed by atoms with Crippen LogP contribution in [0.1, 0.15) is 19.8 Å². The number of rotatable bonds is 1. The van der Waals surface area contributed by atoms with E-state index in [2.05, 4.69) is 22.4 Å². The quantitative estimate of drug-likeness (QED) is 0.408. The minimum atomic E-state index is -0.175. The van der Waals surface area contributed by atoms with Crippen molar-refractivity contribution in [3.8, 4) is 0 Å². The molecule has 48 valence electrons. The second-order valence-corrected chi connectivity index (χ2v) is 2.75. The van der Waals surface area contributed by atoms with Crippen LogP contribution in [0.2, 0.25) is 0 Å². The van der Waals surface area contributed by atoms with Crippen LogP contribution in [0, 0.1) is 5.41 Å². The van der Waals surface area contributed by atoms with E-state index in [1.54, 1.807) is 0 Å². The molecule has 0 atom stereocenters. The van der Waals surface area contributed by atoms with Gasteiger partial charge in [-0.2, -0.15) is 4.99 Å². The molecule has 0 unspecified atom stereocenters. The number of carbonyl (C=O) groups excluding carboxylic acids is 1. The highest BCUT2D eigenvalue weighted by Crippen LogP contribution is 2.45. The molecule has 0 heterocycles. The van der Waals surface area contributed by atoms with Gasteiger partial charge in [-0.3, -0.25) is 4.79 Å². The van der Waals surface area contributed by atoms with Crippen LogP contribution >= 0.6 is 12.2 Å². The van der Waals surface area contributed by atoms with Gasteiger partial charge in [-0.15, -0.1) is 0 Å². The molecule has 9 heavy (non-hydrogen) atoms. The Morgan fingerprint density at radius 2 is 2.33 bits per heavy atom. The summed E-state index contributed by atoms with van der Waals surface area (Å²) in [6, 6.07) is 0. The average molecular weight is 141 g/mol. The fourth-order valence-corrected chi connectivity index (χ4v) is 0.661. The molecule has 0 radical (unpaired) electrons. The highest BCUT2D eigenvalue weighted by atomic mass is 32.1. The van der Waals surface area contributed by atoms with Crippen LogP contribution in [-0.4, -0.2) is 11.1 Å². The maximum atomic E-state index is 10.8. The van der Waals surface area contributed by atoms with Gasteiger partial charge in [0.1, 0.15) is 0 Å². The van der Waals surface area contributed by atoms with Gasteiger partial charge in [-0.25, -0.2) is 0 Å². The Labute approximate surface area is 59.0 Å². The Morgan fingerprint density at radius 3 is 2.67 bits per heavy atom. The summed E-state index contributed by atoms with van der Waals surface area (Å²) in [6.07, 6.45) is 1.90. The summed E-state index contributed by atoms with van der Waals surface area (Å²) in [5.74, 6) is -0.113. The standard InChI is InChI=1S/C6H7NOS/c1-6(2-3-6)5(8)7-4-9/h2-3H2,1H3. The van der Waals surface area contributed by atoms with Gasteiger partial charge < -0.3 is 0 Å². The molecular weight excluding hydrogens is 134 g/mol. The monoisotopic (exact) mass is 141 g/mol. The average Bonchev–Trinajstić information content (AvgIpc) is 2.50. The SMILES string of the molecule is CC1(C(=O)N=C=S)CC1. The van der Waals surface area contributed by atoms with Gasteiger partial charge in [0.2, 0.25) is 0 Å². The molecule has 0 bridgehead atoms. The largest absolute Gasteiger partial charge is 0.271 e. The van der Waals surface area contributed by atoms with E-state index in [1.165, 1.54) is 0 Å². The van der Waals surface area contributed by atoms with Gasteiger partial charge in [0.25, 0.3) is 5.91 Å². The highest BCUT2D eigenvalue weighted by Gasteiger charge is 2.44. The van der Waals surface area contributed by atoms with Crippen molar-refractivity contribution in [3.63, 3.8) is 0 Å². The zero-order valence-corrected chi connectivity index (χ0v) is 5.99. The van der Waals surface area contributed by atoms with Crippen LogP contribution in [0.15, 0.2) is 4.99 Å². The lowest BCUT2D eigenvalue weighted by molar-refractivity contribution is -0.122. The second-order valence-electron chi connectivity index (χ2n) is 2.57. The summed E-state index contributed by atoms with van der Waals surface area (Å²) in [7, 11) is 0. The van der Waals surface area contributed by atoms with Crippen LogP contribution in [0.4, 0.5) is 0 Å². The first-order valence-corrected chi connectivity index (χ1v) is 3.22. The number of nitrogens with zero attached hydrogens (tertiary/aromatic N) is 1. The Balaban J connectivity index is 2.63. The highest BCUT2D eigenvalue weighted by molar-refractivity contribution is 7.78. The second kappa shape index (κ2) is 2.01. The summed E-state index contributed by atoms with van der Waals surface area (Å²) in [5, 5.41) is 2.07. The predicted octanol–water partition coefficient (Wildman–Crippen LogP) is 1.42. The summed E-state index contributed by atoms with van der Waals surface area (Å²) >= 11 is 4.29. The smallest absolute Gasteiger partial charge is 0.260 e. The van der Waals surface area contributed by atoms with Crippen molar-refractivity contribution < 1.29 is 4.79 Å². The Kier molecular flexibility index (Phi) is 1.47. The number of hydrogen-bond acceptors (Lipinski definition) is 2. The van der Waals surface area contributed by atoms with E-state index in [9.17, 15) is 4.79 Å². The first-order valence-electron chi connectivity index (χ1n) is 2.81. The van der Waals surface area contributed by atoms with Gasteiger partial charge in [-0.05, 0) is 25.1 Å². The molecular formula is C6H7NOS. The molecule has 0 aromatic heterocycles. The van der Waals surface area contributed by atoms with E-state index < -0.39 is 0 Å². The first kappa shape index (κ1) is 6.59. The maximum Gasteiger partial charge on any atom is 0.260 e. The number of hydrogen-bond donors (Lipinski definition) is 0. The van der Waals surface area contributed by atoms with Crippen molar-refractivity contribution in [3.05, 3.63) is 0 Å². The molecule has 3 heteroatoms. The fraction of sp³-hybridized carbons (Fsp3) is 0.667. The number of carbonyl (C=O) groups is 1. The van der Waals surface area contributed by atoms with E-state index in [4.69, 9.17) is 0 Å². The zero-order chi connectivity index (χ0) is 6.91. The molecule has 0 aromatic carbocycles. The van der Waals surface area contributed by atoms with Crippen molar-refractivity contribution in [2.24, 2.45) is 10.4 Å². The van der Waals surface area contributed by atoms with E-state index in [0.29, 0.717) is 0 Å². The summed E-state index contributed by atoms with van der Waals surface area (Å²) in [5.41, 5.74) is -0.175. The van der Waals surface area contributed by atoms with Crippen LogP contribution in [-0.2, 0) is 4.79 Å². The molecule has 1 rings (SSSR count). The number of thiocarbonyl (C=S) groups is 1. The Bertz CT molecular complexity index is 189. The van der Waals surface area contributed by atoms with Gasteiger partial charge in [0, 0.05) is 5.41 Å². The van der Waals surface area contributed by atoms with Crippen LogP contribution in [0.5, 0.6) is 0 Å². The molecule has 0 N–H and O–H groups in total. The van der Waals surface area contributed by atoms with E-state index in [-0.39, 0.29) is 11.3 Å². The van der Waals surface area contributed by atoms with E-state index >= 15 is 0 Å². The third-order valence-electron chi connectivity index (χ3n) is 1.66. The fourth-order valence-electron chi connectivity index (χ4n) is 0.578. The van der Waals surface area contributed by atoms with Gasteiger partial charge in [-0.1, -0.05) is 6.92 Å². The number of amides is 1. The van der Waals surface area contributed by atoms with Gasteiger partial charge >= 0.3 is 0 Å². The summed E-state index contributed by atoms with van der Waals surface area (Å²) < 4.78 is 0. The number of aliphatic imine (C=N–C) groups is 1. The minimum absolute atomic E-state index is 0.113. The summed E-state index contributed by atoms with van der Waals surface area (Å²) in [4.78, 5) is 14.2. The summed E-state index contributed by atoms with van der Waals surface area (Å²) in [6.45, 7) is 1.89. The molecule has 0 aromatic rings. The Hall–Kier alpha value is -0.530. The normalized spacial score (nSPS) is 20.1. The number of isothiocyanates is 1. The van der Waals surface area contributed by atoms with Crippen LogP contribution < -0.4 is 0 Å². The predicted molar refractivity (Wildman–Crippen MR) is 37.4 cm³/mol. The molecule has 1 amide bonds. The van der Waals surface area contributed by atoms with E-state index in [0.717, 1.165) is 12.8 Å². The van der Waals surface area contributed by atoms with E-state index in [1.807, 2.05) is 6.92 Å². The minimum Gasteiger partial charge on any atom is -0.271 e. The van der Waals surface area contributed by atoms with Crippen molar-refractivity contribution >= 4 is 23.3 Å². The lowest BCUT2D eigenvalue weighted by Gasteiger charge is -1.95. The Morgan fingerprint density at radius 1 is 1.78 bits per heavy atom. The molecule has 1 aliphatic carbocycles. The van der Waals surface area contributed by atoms with Gasteiger partial charge in [0.05, 0.1) is 5.16 Å². The maximum absolute atomic E-state index is 10.8. The topological polar surface area (TPSA) is 29.4 Å².